The second kappa shape index (κ2) is 4.68. The highest BCUT2D eigenvalue weighted by atomic mass is 16.6. The summed E-state index contributed by atoms with van der Waals surface area (Å²) in [5.74, 6) is -0.490. The third-order valence-electron chi connectivity index (χ3n) is 3.04. The van der Waals surface area contributed by atoms with Gasteiger partial charge in [-0.15, -0.1) is 4.68 Å². The Morgan fingerprint density at radius 2 is 2.21 bits per heavy atom. The number of aromatic nitrogens is 2. The van der Waals surface area contributed by atoms with E-state index >= 15 is 0 Å². The number of rotatable bonds is 3. The molecule has 1 aromatic heterocycles. The molecule has 100 valence electrons. The molecule has 7 heteroatoms. The van der Waals surface area contributed by atoms with Crippen LogP contribution in [-0.2, 0) is 18.8 Å². The highest BCUT2D eigenvalue weighted by Crippen LogP contribution is 2.23. The number of carbonyl (C=O) groups is 1. The zero-order valence-electron chi connectivity index (χ0n) is 10.9. The zero-order valence-corrected chi connectivity index (χ0v) is 10.9. The van der Waals surface area contributed by atoms with Crippen LogP contribution in [0, 0.1) is 10.1 Å². The van der Waals surface area contributed by atoms with Crippen molar-refractivity contribution >= 4 is 22.6 Å². The average Bonchev–Trinajstić information content (AvgIpc) is 2.62. The van der Waals surface area contributed by atoms with Crippen LogP contribution in [0.2, 0.25) is 0 Å². The number of benzene rings is 1. The number of carbonyl (C=O) groups excluding carboxylic acids is 1. The van der Waals surface area contributed by atoms with Crippen LogP contribution in [0.5, 0.6) is 0 Å². The lowest BCUT2D eigenvalue weighted by molar-refractivity contribution is -0.750. The number of esters is 1. The molecule has 0 amide bonds. The Bertz CT molecular complexity index is 675. The summed E-state index contributed by atoms with van der Waals surface area (Å²) in [6.07, 6.45) is 0. The first-order chi connectivity index (χ1) is 8.97. The second-order valence-corrected chi connectivity index (χ2v) is 4.07. The van der Waals surface area contributed by atoms with Gasteiger partial charge in [0.25, 0.3) is 5.69 Å². The highest BCUT2D eigenvalue weighted by Gasteiger charge is 2.29. The standard InChI is InChI=1S/C12H14N3O4/c1-4-19-12(16)11-9-7-8(15(17)18)5-6-10(9)13(2)14(11)3/h5-7H,4H2,1-3H3/q+1. The maximum Gasteiger partial charge on any atom is 0.406 e. The quantitative estimate of drug-likeness (QED) is 0.360. The molecule has 7 nitrogen and oxygen atoms in total. The Labute approximate surface area is 109 Å². The number of nitro groups is 1. The second-order valence-electron chi connectivity index (χ2n) is 4.07. The number of ether oxygens (including phenoxy) is 1. The Morgan fingerprint density at radius 1 is 1.53 bits per heavy atom. The topological polar surface area (TPSA) is 78.2 Å². The van der Waals surface area contributed by atoms with Gasteiger partial charge in [-0.25, -0.2) is 4.79 Å². The summed E-state index contributed by atoms with van der Waals surface area (Å²) < 4.78 is 8.35. The number of fused-ring (bicyclic) bond motifs is 1. The number of hydrogen-bond donors (Lipinski definition) is 0. The van der Waals surface area contributed by atoms with Crippen LogP contribution in [0.25, 0.3) is 10.9 Å². The van der Waals surface area contributed by atoms with E-state index in [0.29, 0.717) is 11.1 Å². The van der Waals surface area contributed by atoms with E-state index < -0.39 is 10.9 Å². The normalized spacial score (nSPS) is 10.7. The summed E-state index contributed by atoms with van der Waals surface area (Å²) in [5, 5.41) is 11.3. The molecule has 0 N–H and O–H groups in total. The summed E-state index contributed by atoms with van der Waals surface area (Å²) in [6, 6.07) is 4.43. The van der Waals surface area contributed by atoms with E-state index in [-0.39, 0.29) is 12.3 Å². The van der Waals surface area contributed by atoms with Crippen LogP contribution in [0.3, 0.4) is 0 Å². The van der Waals surface area contributed by atoms with Crippen molar-refractivity contribution in [1.29, 1.82) is 0 Å². The van der Waals surface area contributed by atoms with Crippen molar-refractivity contribution in [3.8, 4) is 0 Å². The highest BCUT2D eigenvalue weighted by molar-refractivity contribution is 6.01. The minimum absolute atomic E-state index is 0.0516. The predicted molar refractivity (Wildman–Crippen MR) is 66.7 cm³/mol. The van der Waals surface area contributed by atoms with Crippen molar-refractivity contribution in [2.75, 3.05) is 6.61 Å². The lowest BCUT2D eigenvalue weighted by atomic mass is 10.2. The smallest absolute Gasteiger partial charge is 0.406 e. The van der Waals surface area contributed by atoms with Gasteiger partial charge in [0, 0.05) is 12.1 Å². The molecule has 19 heavy (non-hydrogen) atoms. The molecule has 0 saturated heterocycles. The Morgan fingerprint density at radius 3 is 2.79 bits per heavy atom. The van der Waals surface area contributed by atoms with E-state index in [2.05, 4.69) is 0 Å². The SMILES string of the molecule is CCOC(=O)c1c2cc([N+](=O)[O-])ccc2n(C)[n+]1C. The molecular weight excluding hydrogens is 250 g/mol. The number of nitrogens with zero attached hydrogens (tertiary/aromatic N) is 3. The van der Waals surface area contributed by atoms with Gasteiger partial charge in [0.05, 0.1) is 24.0 Å². The van der Waals surface area contributed by atoms with Crippen molar-refractivity contribution in [3.05, 3.63) is 34.0 Å². The van der Waals surface area contributed by atoms with Gasteiger partial charge in [0.1, 0.15) is 5.52 Å². The lowest BCUT2D eigenvalue weighted by Gasteiger charge is -1.96. The number of aryl methyl sites for hydroxylation is 1. The molecule has 2 aromatic rings. The van der Waals surface area contributed by atoms with E-state index in [1.807, 2.05) is 0 Å². The Balaban J connectivity index is 2.73. The molecule has 0 aliphatic heterocycles. The summed E-state index contributed by atoms with van der Waals surface area (Å²) in [4.78, 5) is 22.3. The monoisotopic (exact) mass is 264 g/mol. The Kier molecular flexibility index (Phi) is 3.20. The van der Waals surface area contributed by atoms with E-state index in [4.69, 9.17) is 4.74 Å². The van der Waals surface area contributed by atoms with Gasteiger partial charge in [-0.05, 0) is 13.0 Å². The van der Waals surface area contributed by atoms with Crippen LogP contribution >= 0.6 is 0 Å². The fourth-order valence-electron chi connectivity index (χ4n) is 2.04. The van der Waals surface area contributed by atoms with Crippen LogP contribution in [0.1, 0.15) is 17.4 Å². The summed E-state index contributed by atoms with van der Waals surface area (Å²) in [6.45, 7) is 1.97. The molecule has 0 fully saturated rings. The van der Waals surface area contributed by atoms with Gasteiger partial charge in [0.15, 0.2) is 7.05 Å². The van der Waals surface area contributed by atoms with Crippen molar-refractivity contribution < 1.29 is 19.1 Å². The molecular formula is C12H14N3O4+. The molecule has 0 aliphatic rings. The Hall–Kier alpha value is -2.44. The van der Waals surface area contributed by atoms with Crippen LogP contribution < -0.4 is 4.68 Å². The molecule has 0 aliphatic carbocycles. The average molecular weight is 264 g/mol. The maximum atomic E-state index is 11.9. The lowest BCUT2D eigenvalue weighted by Crippen LogP contribution is -2.42. The number of hydrogen-bond acceptors (Lipinski definition) is 4. The van der Waals surface area contributed by atoms with Crippen LogP contribution in [0.4, 0.5) is 5.69 Å². The van der Waals surface area contributed by atoms with Crippen molar-refractivity contribution in [1.82, 2.24) is 4.68 Å². The first kappa shape index (κ1) is 13.0. The summed E-state index contributed by atoms with van der Waals surface area (Å²) >= 11 is 0. The number of nitro benzene ring substituents is 1. The van der Waals surface area contributed by atoms with E-state index in [1.54, 1.807) is 36.4 Å². The van der Waals surface area contributed by atoms with Crippen molar-refractivity contribution in [2.45, 2.75) is 6.92 Å². The third-order valence-corrected chi connectivity index (χ3v) is 3.04. The largest absolute Gasteiger partial charge is 0.458 e. The minimum Gasteiger partial charge on any atom is -0.458 e. The fraction of sp³-hybridized carbons (Fsp3) is 0.333. The summed E-state index contributed by atoms with van der Waals surface area (Å²) in [5.41, 5.74) is 0.989. The molecule has 1 heterocycles. The van der Waals surface area contributed by atoms with E-state index in [1.165, 1.54) is 12.1 Å². The van der Waals surface area contributed by atoms with Gasteiger partial charge in [-0.2, -0.15) is 4.68 Å². The van der Waals surface area contributed by atoms with Crippen LogP contribution in [-0.4, -0.2) is 22.2 Å². The maximum absolute atomic E-state index is 11.9. The van der Waals surface area contributed by atoms with E-state index in [9.17, 15) is 14.9 Å². The number of non-ortho nitro benzene ring substituents is 1. The third kappa shape index (κ3) is 2.03. The van der Waals surface area contributed by atoms with Gasteiger partial charge in [-0.1, -0.05) is 0 Å². The first-order valence-electron chi connectivity index (χ1n) is 5.77. The van der Waals surface area contributed by atoms with Crippen LogP contribution in [0.15, 0.2) is 18.2 Å². The van der Waals surface area contributed by atoms with Gasteiger partial charge >= 0.3 is 11.7 Å². The van der Waals surface area contributed by atoms with Crippen molar-refractivity contribution in [3.63, 3.8) is 0 Å². The minimum atomic E-state index is -0.490. The molecule has 0 unspecified atom stereocenters. The molecule has 2 rings (SSSR count). The van der Waals surface area contributed by atoms with Gasteiger partial charge < -0.3 is 4.74 Å². The molecule has 1 aromatic carbocycles. The molecule has 0 radical (unpaired) electrons. The predicted octanol–water partition coefficient (Wildman–Crippen LogP) is 1.09. The fourth-order valence-corrected chi connectivity index (χ4v) is 2.04. The van der Waals surface area contributed by atoms with Gasteiger partial charge in [0.2, 0.25) is 0 Å². The molecule has 0 saturated carbocycles. The van der Waals surface area contributed by atoms with E-state index in [0.717, 1.165) is 5.52 Å². The zero-order chi connectivity index (χ0) is 14.2. The molecule has 0 bridgehead atoms. The first-order valence-corrected chi connectivity index (χ1v) is 5.77. The van der Waals surface area contributed by atoms with Gasteiger partial charge in [-0.3, -0.25) is 10.1 Å². The molecule has 0 atom stereocenters. The summed E-state index contributed by atoms with van der Waals surface area (Å²) in [7, 11) is 3.48. The molecule has 0 spiro atoms. The van der Waals surface area contributed by atoms with Crippen molar-refractivity contribution in [2.24, 2.45) is 14.1 Å².